The molecule has 0 saturated heterocycles. The fraction of sp³-hybridized carbons (Fsp3) is 0.133. The molecule has 0 aliphatic carbocycles. The summed E-state index contributed by atoms with van der Waals surface area (Å²) in [4.78, 5) is 11.6. The van der Waals surface area contributed by atoms with Crippen LogP contribution in [0.25, 0.3) is 17.0 Å². The number of carbonyl (C=O) groups is 1. The van der Waals surface area contributed by atoms with Gasteiger partial charge in [0.15, 0.2) is 11.5 Å². The number of hydrogen-bond donors (Lipinski definition) is 0. The fourth-order valence-corrected chi connectivity index (χ4v) is 2.13. The first-order chi connectivity index (χ1) is 9.70. The largest absolute Gasteiger partial charge is 0.465 e. The Labute approximate surface area is 115 Å². The van der Waals surface area contributed by atoms with E-state index in [9.17, 15) is 4.79 Å². The Kier molecular flexibility index (Phi) is 2.95. The topological polar surface area (TPSA) is 56.5 Å². The minimum absolute atomic E-state index is 0.361. The Balaban J connectivity index is 2.21. The van der Waals surface area contributed by atoms with Crippen molar-refractivity contribution in [2.75, 3.05) is 7.11 Å². The molecule has 0 fully saturated rings. The lowest BCUT2D eigenvalue weighted by molar-refractivity contribution is 0.0601. The van der Waals surface area contributed by atoms with Gasteiger partial charge in [0.1, 0.15) is 0 Å². The molecule has 5 nitrogen and oxygen atoms in total. The molecule has 3 rings (SSSR count). The number of carbonyl (C=O) groups excluding carboxylic acids is 1. The van der Waals surface area contributed by atoms with Gasteiger partial charge in [0.25, 0.3) is 0 Å². The SMILES string of the molecule is COC(=O)c1ccc(C)c(-c2nnc3ccccn23)c1. The van der Waals surface area contributed by atoms with Gasteiger partial charge in [-0.3, -0.25) is 4.40 Å². The molecule has 0 spiro atoms. The number of pyridine rings is 1. The first-order valence-electron chi connectivity index (χ1n) is 6.20. The number of methoxy groups -OCH3 is 1. The zero-order valence-electron chi connectivity index (χ0n) is 11.2. The highest BCUT2D eigenvalue weighted by molar-refractivity contribution is 5.91. The van der Waals surface area contributed by atoms with Crippen LogP contribution in [0.15, 0.2) is 42.6 Å². The van der Waals surface area contributed by atoms with Gasteiger partial charge in [-0.1, -0.05) is 12.1 Å². The normalized spacial score (nSPS) is 10.7. The molecule has 0 amide bonds. The second-order valence-electron chi connectivity index (χ2n) is 4.47. The highest BCUT2D eigenvalue weighted by Gasteiger charge is 2.13. The van der Waals surface area contributed by atoms with E-state index < -0.39 is 0 Å². The Morgan fingerprint density at radius 3 is 2.85 bits per heavy atom. The lowest BCUT2D eigenvalue weighted by Gasteiger charge is -2.06. The van der Waals surface area contributed by atoms with Crippen LogP contribution in [0, 0.1) is 6.92 Å². The first kappa shape index (κ1) is 12.3. The van der Waals surface area contributed by atoms with Crippen molar-refractivity contribution in [3.05, 3.63) is 53.7 Å². The van der Waals surface area contributed by atoms with Crippen LogP contribution < -0.4 is 0 Å². The van der Waals surface area contributed by atoms with Gasteiger partial charge < -0.3 is 4.74 Å². The van der Waals surface area contributed by atoms with Crippen LogP contribution in [0.1, 0.15) is 15.9 Å². The van der Waals surface area contributed by atoms with Crippen molar-refractivity contribution in [3.8, 4) is 11.4 Å². The van der Waals surface area contributed by atoms with Crippen LogP contribution in [0.3, 0.4) is 0 Å². The smallest absolute Gasteiger partial charge is 0.337 e. The van der Waals surface area contributed by atoms with Crippen molar-refractivity contribution < 1.29 is 9.53 Å². The molecule has 0 atom stereocenters. The summed E-state index contributed by atoms with van der Waals surface area (Å²) >= 11 is 0. The Hall–Kier alpha value is -2.69. The molecule has 0 saturated carbocycles. The van der Waals surface area contributed by atoms with Crippen LogP contribution in [-0.4, -0.2) is 27.7 Å². The Morgan fingerprint density at radius 1 is 1.20 bits per heavy atom. The molecule has 0 bridgehead atoms. The molecule has 0 N–H and O–H groups in total. The predicted molar refractivity (Wildman–Crippen MR) is 74.5 cm³/mol. The highest BCUT2D eigenvalue weighted by atomic mass is 16.5. The molecule has 0 radical (unpaired) electrons. The van der Waals surface area contributed by atoms with Crippen molar-refractivity contribution in [1.29, 1.82) is 0 Å². The molecule has 2 heterocycles. The van der Waals surface area contributed by atoms with Gasteiger partial charge >= 0.3 is 5.97 Å². The zero-order chi connectivity index (χ0) is 14.1. The predicted octanol–water partition coefficient (Wildman–Crippen LogP) is 2.49. The molecule has 5 heteroatoms. The molecule has 1 aromatic carbocycles. The van der Waals surface area contributed by atoms with E-state index in [1.165, 1.54) is 7.11 Å². The third kappa shape index (κ3) is 1.93. The Bertz CT molecular complexity index is 793. The minimum Gasteiger partial charge on any atom is -0.465 e. The van der Waals surface area contributed by atoms with Crippen molar-refractivity contribution in [1.82, 2.24) is 14.6 Å². The standard InChI is InChI=1S/C15H13N3O2/c1-10-6-7-11(15(19)20-2)9-12(10)14-17-16-13-5-3-4-8-18(13)14/h3-9H,1-2H3. The highest BCUT2D eigenvalue weighted by Crippen LogP contribution is 2.23. The second kappa shape index (κ2) is 4.77. The van der Waals surface area contributed by atoms with Crippen LogP contribution >= 0.6 is 0 Å². The molecule has 3 aromatic rings. The summed E-state index contributed by atoms with van der Waals surface area (Å²) in [5.41, 5.74) is 3.16. The van der Waals surface area contributed by atoms with Crippen molar-refractivity contribution in [2.24, 2.45) is 0 Å². The number of rotatable bonds is 2. The van der Waals surface area contributed by atoms with Gasteiger partial charge in [0.05, 0.1) is 12.7 Å². The summed E-state index contributed by atoms with van der Waals surface area (Å²) in [6.07, 6.45) is 1.90. The maximum absolute atomic E-state index is 11.6. The van der Waals surface area contributed by atoms with Gasteiger partial charge in [-0.05, 0) is 36.8 Å². The van der Waals surface area contributed by atoms with E-state index in [-0.39, 0.29) is 5.97 Å². The number of nitrogens with zero attached hydrogens (tertiary/aromatic N) is 3. The summed E-state index contributed by atoms with van der Waals surface area (Å²) in [7, 11) is 1.37. The summed E-state index contributed by atoms with van der Waals surface area (Å²) in [5.74, 6) is 0.351. The van der Waals surface area contributed by atoms with Crippen LogP contribution in [-0.2, 0) is 4.74 Å². The average Bonchev–Trinajstić information content (AvgIpc) is 2.91. The first-order valence-corrected chi connectivity index (χ1v) is 6.20. The third-order valence-electron chi connectivity index (χ3n) is 3.21. The van der Waals surface area contributed by atoms with Gasteiger partial charge in [0.2, 0.25) is 0 Å². The number of esters is 1. The maximum atomic E-state index is 11.6. The monoisotopic (exact) mass is 267 g/mol. The van der Waals surface area contributed by atoms with Gasteiger partial charge in [-0.2, -0.15) is 0 Å². The molecule has 0 aliphatic heterocycles. The second-order valence-corrected chi connectivity index (χ2v) is 4.47. The fourth-order valence-electron chi connectivity index (χ4n) is 2.13. The molecule has 100 valence electrons. The van der Waals surface area contributed by atoms with E-state index in [1.54, 1.807) is 12.1 Å². The zero-order valence-corrected chi connectivity index (χ0v) is 11.2. The number of benzene rings is 1. The molecular formula is C15H13N3O2. The number of aryl methyl sites for hydroxylation is 1. The summed E-state index contributed by atoms with van der Waals surface area (Å²) in [5, 5.41) is 8.34. The van der Waals surface area contributed by atoms with Crippen molar-refractivity contribution in [2.45, 2.75) is 6.92 Å². The van der Waals surface area contributed by atoms with Gasteiger partial charge in [-0.15, -0.1) is 10.2 Å². The van der Waals surface area contributed by atoms with Crippen LogP contribution in [0.4, 0.5) is 0 Å². The van der Waals surface area contributed by atoms with E-state index in [0.717, 1.165) is 16.8 Å². The Morgan fingerprint density at radius 2 is 2.05 bits per heavy atom. The number of aromatic nitrogens is 3. The van der Waals surface area contributed by atoms with Gasteiger partial charge in [-0.25, -0.2) is 4.79 Å². The van der Waals surface area contributed by atoms with Crippen molar-refractivity contribution >= 4 is 11.6 Å². The minimum atomic E-state index is -0.361. The number of hydrogen-bond acceptors (Lipinski definition) is 4. The number of ether oxygens (including phenoxy) is 1. The van der Waals surface area contributed by atoms with E-state index in [2.05, 4.69) is 10.2 Å². The number of fused-ring (bicyclic) bond motifs is 1. The van der Waals surface area contributed by atoms with Crippen LogP contribution in [0.5, 0.6) is 0 Å². The summed E-state index contributed by atoms with van der Waals surface area (Å²) in [6.45, 7) is 1.97. The third-order valence-corrected chi connectivity index (χ3v) is 3.21. The lowest BCUT2D eigenvalue weighted by atomic mass is 10.0. The summed E-state index contributed by atoms with van der Waals surface area (Å²) in [6, 6.07) is 11.1. The van der Waals surface area contributed by atoms with E-state index in [4.69, 9.17) is 4.74 Å². The van der Waals surface area contributed by atoms with Crippen molar-refractivity contribution in [3.63, 3.8) is 0 Å². The molecule has 0 aliphatic rings. The molecule has 20 heavy (non-hydrogen) atoms. The van der Waals surface area contributed by atoms with Crippen LogP contribution in [0.2, 0.25) is 0 Å². The molecular weight excluding hydrogens is 254 g/mol. The van der Waals surface area contributed by atoms with E-state index in [0.29, 0.717) is 11.4 Å². The van der Waals surface area contributed by atoms with E-state index in [1.807, 2.05) is 41.8 Å². The maximum Gasteiger partial charge on any atom is 0.337 e. The molecule has 2 aromatic heterocycles. The quantitative estimate of drug-likeness (QED) is 0.669. The van der Waals surface area contributed by atoms with Gasteiger partial charge in [0, 0.05) is 11.8 Å². The summed E-state index contributed by atoms with van der Waals surface area (Å²) < 4.78 is 6.65. The van der Waals surface area contributed by atoms with E-state index >= 15 is 0 Å². The molecule has 0 unspecified atom stereocenters. The average molecular weight is 267 g/mol. The lowest BCUT2D eigenvalue weighted by Crippen LogP contribution is -2.02.